The number of nitrogens with one attached hydrogen (secondary N) is 1. The van der Waals surface area contributed by atoms with Crippen LogP contribution >= 0.6 is 0 Å². The molecule has 1 aliphatic carbocycles. The van der Waals surface area contributed by atoms with E-state index in [-0.39, 0.29) is 5.91 Å². The van der Waals surface area contributed by atoms with Crippen LogP contribution in [0.1, 0.15) is 25.7 Å². The molecule has 0 radical (unpaired) electrons. The average Bonchev–Trinajstić information content (AvgIpc) is 2.97. The molecule has 5 heteroatoms. The molecule has 114 valence electrons. The summed E-state index contributed by atoms with van der Waals surface area (Å²) in [5, 5.41) is 13.0. The van der Waals surface area contributed by atoms with E-state index in [1.165, 1.54) is 0 Å². The van der Waals surface area contributed by atoms with Gasteiger partial charge in [-0.1, -0.05) is 6.07 Å². The van der Waals surface area contributed by atoms with Crippen molar-refractivity contribution < 1.29 is 14.6 Å². The van der Waals surface area contributed by atoms with Crippen molar-refractivity contribution in [3.05, 3.63) is 48.8 Å². The minimum absolute atomic E-state index is 0.342. The summed E-state index contributed by atoms with van der Waals surface area (Å²) in [7, 11) is 0. The number of aromatic nitrogens is 1. The molecule has 1 aliphatic rings. The molecule has 2 aromatic rings. The first kappa shape index (κ1) is 14.5. The van der Waals surface area contributed by atoms with Crippen LogP contribution in [0, 0.1) is 0 Å². The van der Waals surface area contributed by atoms with Crippen LogP contribution in [0.25, 0.3) is 0 Å². The smallest absolute Gasteiger partial charge is 0.256 e. The molecule has 0 unspecified atom stereocenters. The lowest BCUT2D eigenvalue weighted by Crippen LogP contribution is -2.40. The number of rotatable bonds is 4. The van der Waals surface area contributed by atoms with Gasteiger partial charge in [-0.25, -0.2) is 0 Å². The first-order valence-electron chi connectivity index (χ1n) is 7.37. The van der Waals surface area contributed by atoms with Gasteiger partial charge in [0, 0.05) is 24.1 Å². The van der Waals surface area contributed by atoms with E-state index in [9.17, 15) is 9.90 Å². The molecule has 2 N–H and O–H groups in total. The van der Waals surface area contributed by atoms with Gasteiger partial charge in [0.05, 0.1) is 0 Å². The summed E-state index contributed by atoms with van der Waals surface area (Å²) >= 11 is 0. The van der Waals surface area contributed by atoms with Crippen LogP contribution in [0.4, 0.5) is 5.69 Å². The van der Waals surface area contributed by atoms with Gasteiger partial charge >= 0.3 is 0 Å². The highest BCUT2D eigenvalue weighted by Gasteiger charge is 2.38. The third-order valence-corrected chi connectivity index (χ3v) is 3.83. The lowest BCUT2D eigenvalue weighted by Gasteiger charge is -2.21. The Labute approximate surface area is 129 Å². The number of carbonyl (C=O) groups excluding carboxylic acids is 1. The van der Waals surface area contributed by atoms with E-state index in [1.807, 2.05) is 0 Å². The van der Waals surface area contributed by atoms with E-state index < -0.39 is 5.60 Å². The van der Waals surface area contributed by atoms with Crippen LogP contribution in [0.15, 0.2) is 48.8 Å². The van der Waals surface area contributed by atoms with Crippen molar-refractivity contribution in [2.24, 2.45) is 0 Å². The second kappa shape index (κ2) is 6.15. The molecule has 1 aromatic carbocycles. The van der Waals surface area contributed by atoms with Crippen molar-refractivity contribution in [2.75, 3.05) is 5.32 Å². The number of carbonyl (C=O) groups is 1. The predicted molar refractivity (Wildman–Crippen MR) is 82.8 cm³/mol. The molecule has 3 rings (SSSR count). The quantitative estimate of drug-likeness (QED) is 0.909. The zero-order valence-electron chi connectivity index (χ0n) is 12.2. The highest BCUT2D eigenvalue weighted by atomic mass is 16.5. The molecule has 22 heavy (non-hydrogen) atoms. The SMILES string of the molecule is O=C(Nc1cccc(Oc2ccncc2)c1)C1(O)CCCC1. The molecule has 1 heterocycles. The number of aliphatic hydroxyl groups is 1. The van der Waals surface area contributed by atoms with Crippen LogP contribution in [-0.4, -0.2) is 21.6 Å². The maximum absolute atomic E-state index is 12.2. The van der Waals surface area contributed by atoms with Crippen molar-refractivity contribution in [1.29, 1.82) is 0 Å². The molecule has 0 saturated heterocycles. The van der Waals surface area contributed by atoms with Gasteiger partial charge in [0.1, 0.15) is 17.1 Å². The Hall–Kier alpha value is -2.40. The van der Waals surface area contributed by atoms with Crippen LogP contribution in [0.5, 0.6) is 11.5 Å². The molecule has 1 amide bonds. The third kappa shape index (κ3) is 3.26. The van der Waals surface area contributed by atoms with Crippen LogP contribution in [-0.2, 0) is 4.79 Å². The Morgan fingerprint density at radius 1 is 1.14 bits per heavy atom. The molecule has 5 nitrogen and oxygen atoms in total. The van der Waals surface area contributed by atoms with Gasteiger partial charge < -0.3 is 15.2 Å². The topological polar surface area (TPSA) is 71.5 Å². The van der Waals surface area contributed by atoms with Gasteiger partial charge in [-0.15, -0.1) is 0 Å². The van der Waals surface area contributed by atoms with Gasteiger partial charge in [-0.2, -0.15) is 0 Å². The van der Waals surface area contributed by atoms with E-state index >= 15 is 0 Å². The Morgan fingerprint density at radius 3 is 2.59 bits per heavy atom. The van der Waals surface area contributed by atoms with Gasteiger partial charge in [0.25, 0.3) is 5.91 Å². The fourth-order valence-corrected chi connectivity index (χ4v) is 2.61. The fraction of sp³-hybridized carbons (Fsp3) is 0.294. The van der Waals surface area contributed by atoms with Gasteiger partial charge in [-0.05, 0) is 49.9 Å². The average molecular weight is 298 g/mol. The molecule has 0 bridgehead atoms. The number of ether oxygens (including phenoxy) is 1. The number of hydrogen-bond donors (Lipinski definition) is 2. The summed E-state index contributed by atoms with van der Waals surface area (Å²) in [5.74, 6) is 0.946. The summed E-state index contributed by atoms with van der Waals surface area (Å²) in [4.78, 5) is 16.1. The Kier molecular flexibility index (Phi) is 4.06. The minimum atomic E-state index is -1.23. The largest absolute Gasteiger partial charge is 0.457 e. The van der Waals surface area contributed by atoms with Crippen LogP contribution in [0.3, 0.4) is 0 Å². The third-order valence-electron chi connectivity index (χ3n) is 3.83. The van der Waals surface area contributed by atoms with Crippen molar-refractivity contribution >= 4 is 11.6 Å². The number of benzene rings is 1. The van der Waals surface area contributed by atoms with E-state index in [4.69, 9.17) is 4.74 Å². The number of pyridine rings is 1. The summed E-state index contributed by atoms with van der Waals surface area (Å²) in [6, 6.07) is 10.6. The zero-order valence-corrected chi connectivity index (χ0v) is 12.2. The van der Waals surface area contributed by atoms with Gasteiger partial charge in [0.2, 0.25) is 0 Å². The Balaban J connectivity index is 1.70. The Bertz CT molecular complexity index is 652. The molecule has 0 atom stereocenters. The highest BCUT2D eigenvalue weighted by molar-refractivity contribution is 5.97. The normalized spacial score (nSPS) is 16.2. The molecular formula is C17H18N2O3. The van der Waals surface area contributed by atoms with E-state index in [0.29, 0.717) is 30.0 Å². The van der Waals surface area contributed by atoms with Crippen molar-refractivity contribution in [1.82, 2.24) is 4.98 Å². The summed E-state index contributed by atoms with van der Waals surface area (Å²) < 4.78 is 5.70. The van der Waals surface area contributed by atoms with E-state index in [0.717, 1.165) is 12.8 Å². The maximum Gasteiger partial charge on any atom is 0.256 e. The van der Waals surface area contributed by atoms with Crippen LogP contribution in [0.2, 0.25) is 0 Å². The van der Waals surface area contributed by atoms with Crippen molar-refractivity contribution in [2.45, 2.75) is 31.3 Å². The fourth-order valence-electron chi connectivity index (χ4n) is 2.61. The number of anilines is 1. The van der Waals surface area contributed by atoms with Gasteiger partial charge in [-0.3, -0.25) is 9.78 Å². The first-order valence-corrected chi connectivity index (χ1v) is 7.37. The van der Waals surface area contributed by atoms with Crippen molar-refractivity contribution in [3.63, 3.8) is 0 Å². The van der Waals surface area contributed by atoms with E-state index in [1.54, 1.807) is 48.8 Å². The Morgan fingerprint density at radius 2 is 1.86 bits per heavy atom. The standard InChI is InChI=1S/C17H18N2O3/c20-16(17(21)8-1-2-9-17)19-13-4-3-5-15(12-13)22-14-6-10-18-11-7-14/h3-7,10-12,21H,1-2,8-9H2,(H,19,20). The monoisotopic (exact) mass is 298 g/mol. The summed E-state index contributed by atoms with van der Waals surface area (Å²) in [5.41, 5.74) is -0.626. The molecule has 1 aromatic heterocycles. The van der Waals surface area contributed by atoms with Crippen molar-refractivity contribution in [3.8, 4) is 11.5 Å². The highest BCUT2D eigenvalue weighted by Crippen LogP contribution is 2.31. The zero-order chi connectivity index (χ0) is 15.4. The van der Waals surface area contributed by atoms with Gasteiger partial charge in [0.15, 0.2) is 0 Å². The maximum atomic E-state index is 12.2. The van der Waals surface area contributed by atoms with E-state index in [2.05, 4.69) is 10.3 Å². The van der Waals surface area contributed by atoms with Crippen LogP contribution < -0.4 is 10.1 Å². The second-order valence-corrected chi connectivity index (χ2v) is 5.51. The molecule has 1 fully saturated rings. The number of hydrogen-bond acceptors (Lipinski definition) is 4. The summed E-state index contributed by atoms with van der Waals surface area (Å²) in [6.07, 6.45) is 6.11. The first-order chi connectivity index (χ1) is 10.7. The minimum Gasteiger partial charge on any atom is -0.457 e. The molecule has 0 spiro atoms. The lowest BCUT2D eigenvalue weighted by molar-refractivity contribution is -0.133. The molecule has 1 saturated carbocycles. The molecular weight excluding hydrogens is 280 g/mol. The molecule has 0 aliphatic heterocycles. The summed E-state index contributed by atoms with van der Waals surface area (Å²) in [6.45, 7) is 0. The second-order valence-electron chi connectivity index (χ2n) is 5.51. The number of nitrogens with zero attached hydrogens (tertiary/aromatic N) is 1. The predicted octanol–water partition coefficient (Wildman–Crippen LogP) is 3.12. The number of amides is 1. The lowest BCUT2D eigenvalue weighted by atomic mass is 10.0.